The van der Waals surface area contributed by atoms with E-state index in [1.165, 1.54) is 16.3 Å². The highest BCUT2D eigenvalue weighted by atomic mass is 32.2. The molecule has 0 fully saturated rings. The second kappa shape index (κ2) is 9.72. The van der Waals surface area contributed by atoms with E-state index in [2.05, 4.69) is 52.8 Å². The third kappa shape index (κ3) is 5.25. The molecule has 2 heterocycles. The third-order valence-electron chi connectivity index (χ3n) is 4.68. The molecule has 4 rings (SSSR count). The molecule has 146 valence electrons. The lowest BCUT2D eigenvalue weighted by Gasteiger charge is -2.09. The zero-order valence-electron chi connectivity index (χ0n) is 16.0. The first kappa shape index (κ1) is 19.7. The number of nitrogens with zero attached hydrogens (tertiary/aromatic N) is 1. The first-order valence-corrected chi connectivity index (χ1v) is 11.5. The van der Waals surface area contributed by atoms with Crippen LogP contribution in [0.25, 0.3) is 10.8 Å². The maximum Gasteiger partial charge on any atom is 0.254 e. The van der Waals surface area contributed by atoms with Crippen LogP contribution >= 0.6 is 23.1 Å². The number of thioether (sulfide) groups is 1. The quantitative estimate of drug-likeness (QED) is 0.284. The van der Waals surface area contributed by atoms with Crippen molar-refractivity contribution in [3.8, 4) is 0 Å². The molecule has 0 spiro atoms. The molecule has 0 aliphatic carbocycles. The molecule has 0 saturated carbocycles. The second-order valence-corrected chi connectivity index (χ2v) is 8.87. The van der Waals surface area contributed by atoms with E-state index in [9.17, 15) is 4.79 Å². The van der Waals surface area contributed by atoms with Gasteiger partial charge in [-0.05, 0) is 58.5 Å². The first-order valence-electron chi connectivity index (χ1n) is 9.66. The number of rotatable bonds is 8. The van der Waals surface area contributed by atoms with Gasteiger partial charge in [-0.1, -0.05) is 48.5 Å². The van der Waals surface area contributed by atoms with E-state index in [1.807, 2.05) is 29.6 Å². The summed E-state index contributed by atoms with van der Waals surface area (Å²) in [5, 5.41) is 8.37. The summed E-state index contributed by atoms with van der Waals surface area (Å²) in [6, 6.07) is 22.8. The second-order valence-electron chi connectivity index (χ2n) is 6.75. The maximum atomic E-state index is 12.6. The van der Waals surface area contributed by atoms with Crippen molar-refractivity contribution in [3.63, 3.8) is 0 Å². The normalized spacial score (nSPS) is 10.9. The topological polar surface area (TPSA) is 42.0 Å². The standard InChI is InChI=1S/C24H22N2OS2/c27-23(26-17-21-9-5-14-28-21)22-10-3-13-25-24(22)29-15-4-6-18-11-12-19-7-1-2-8-20(19)16-18/h1-3,5,7-14,16H,4,6,15,17H2,(H,26,27). The summed E-state index contributed by atoms with van der Waals surface area (Å²) < 4.78 is 0. The van der Waals surface area contributed by atoms with Gasteiger partial charge in [0.05, 0.1) is 12.1 Å². The fourth-order valence-electron chi connectivity index (χ4n) is 3.19. The van der Waals surface area contributed by atoms with Crippen molar-refractivity contribution in [2.45, 2.75) is 24.4 Å². The minimum Gasteiger partial charge on any atom is -0.347 e. The zero-order valence-corrected chi connectivity index (χ0v) is 17.6. The highest BCUT2D eigenvalue weighted by Crippen LogP contribution is 2.23. The molecule has 0 unspecified atom stereocenters. The van der Waals surface area contributed by atoms with Crippen molar-refractivity contribution in [3.05, 3.63) is 94.3 Å². The molecule has 1 amide bonds. The van der Waals surface area contributed by atoms with Crippen LogP contribution in [0, 0.1) is 0 Å². The Morgan fingerprint density at radius 3 is 2.76 bits per heavy atom. The number of carbonyl (C=O) groups excluding carboxylic acids is 1. The number of hydrogen-bond donors (Lipinski definition) is 1. The van der Waals surface area contributed by atoms with E-state index in [0.717, 1.165) is 28.5 Å². The zero-order chi connectivity index (χ0) is 19.9. The molecule has 0 atom stereocenters. The average Bonchev–Trinajstić information content (AvgIpc) is 3.29. The van der Waals surface area contributed by atoms with Gasteiger partial charge >= 0.3 is 0 Å². The Bertz CT molecular complexity index is 1090. The lowest BCUT2D eigenvalue weighted by molar-refractivity contribution is 0.0947. The van der Waals surface area contributed by atoms with Crippen LogP contribution in [0.5, 0.6) is 0 Å². The van der Waals surface area contributed by atoms with Crippen molar-refractivity contribution in [1.82, 2.24) is 10.3 Å². The van der Waals surface area contributed by atoms with Gasteiger partial charge in [0, 0.05) is 11.1 Å². The Morgan fingerprint density at radius 2 is 1.90 bits per heavy atom. The van der Waals surface area contributed by atoms with Gasteiger partial charge in [0.2, 0.25) is 0 Å². The fraction of sp³-hybridized carbons (Fsp3) is 0.167. The van der Waals surface area contributed by atoms with Gasteiger partial charge in [-0.3, -0.25) is 4.79 Å². The molecule has 3 nitrogen and oxygen atoms in total. The first-order chi connectivity index (χ1) is 14.3. The van der Waals surface area contributed by atoms with Crippen molar-refractivity contribution in [2.24, 2.45) is 0 Å². The van der Waals surface area contributed by atoms with Gasteiger partial charge in [-0.25, -0.2) is 4.98 Å². The van der Waals surface area contributed by atoms with Crippen LogP contribution < -0.4 is 5.32 Å². The van der Waals surface area contributed by atoms with Crippen LogP contribution in [-0.4, -0.2) is 16.6 Å². The Kier molecular flexibility index (Phi) is 6.60. The Labute approximate surface area is 179 Å². The Balaban J connectivity index is 1.31. The Hall–Kier alpha value is -2.63. The van der Waals surface area contributed by atoms with Gasteiger partial charge in [0.25, 0.3) is 5.91 Å². The highest BCUT2D eigenvalue weighted by Gasteiger charge is 2.12. The molecule has 4 aromatic rings. The number of carbonyl (C=O) groups is 1. The smallest absolute Gasteiger partial charge is 0.254 e. The molecular weight excluding hydrogens is 396 g/mol. The molecule has 29 heavy (non-hydrogen) atoms. The summed E-state index contributed by atoms with van der Waals surface area (Å²) >= 11 is 3.30. The molecule has 0 aliphatic rings. The molecule has 0 saturated heterocycles. The number of aromatic nitrogens is 1. The lowest BCUT2D eigenvalue weighted by atomic mass is 10.0. The molecule has 1 N–H and O–H groups in total. The SMILES string of the molecule is O=C(NCc1cccs1)c1cccnc1SCCCc1ccc2ccccc2c1. The number of nitrogens with one attached hydrogen (secondary N) is 1. The lowest BCUT2D eigenvalue weighted by Crippen LogP contribution is -2.23. The van der Waals surface area contributed by atoms with E-state index >= 15 is 0 Å². The summed E-state index contributed by atoms with van der Waals surface area (Å²) in [6.07, 6.45) is 3.81. The number of hydrogen-bond acceptors (Lipinski definition) is 4. The van der Waals surface area contributed by atoms with Gasteiger partial charge < -0.3 is 5.32 Å². The molecule has 0 aliphatic heterocycles. The molecule has 0 radical (unpaired) electrons. The van der Waals surface area contributed by atoms with Crippen molar-refractivity contribution < 1.29 is 4.79 Å². The van der Waals surface area contributed by atoms with Crippen LogP contribution in [0.4, 0.5) is 0 Å². The summed E-state index contributed by atoms with van der Waals surface area (Å²) in [6.45, 7) is 0.553. The van der Waals surface area contributed by atoms with Crippen molar-refractivity contribution >= 4 is 39.8 Å². The van der Waals surface area contributed by atoms with E-state index in [-0.39, 0.29) is 5.91 Å². The van der Waals surface area contributed by atoms with Crippen LogP contribution in [0.3, 0.4) is 0 Å². The van der Waals surface area contributed by atoms with Gasteiger partial charge in [0.1, 0.15) is 5.03 Å². The number of aryl methyl sites for hydroxylation is 1. The number of amides is 1. The number of benzene rings is 2. The molecule has 2 aromatic heterocycles. The molecule has 5 heteroatoms. The predicted octanol–water partition coefficient (Wildman–Crippen LogP) is 5.95. The largest absolute Gasteiger partial charge is 0.347 e. The van der Waals surface area contributed by atoms with Gasteiger partial charge in [-0.2, -0.15) is 0 Å². The van der Waals surface area contributed by atoms with Crippen LogP contribution in [0.2, 0.25) is 0 Å². The van der Waals surface area contributed by atoms with Crippen molar-refractivity contribution in [2.75, 3.05) is 5.75 Å². The monoisotopic (exact) mass is 418 g/mol. The fourth-order valence-corrected chi connectivity index (χ4v) is 4.77. The number of thiophene rings is 1. The summed E-state index contributed by atoms with van der Waals surface area (Å²) in [5.74, 6) is 0.859. The summed E-state index contributed by atoms with van der Waals surface area (Å²) in [5.41, 5.74) is 2.00. The molecule has 2 aromatic carbocycles. The molecule has 0 bridgehead atoms. The minimum absolute atomic E-state index is 0.0662. The van der Waals surface area contributed by atoms with E-state index in [1.54, 1.807) is 29.3 Å². The molecular formula is C24H22N2OS2. The predicted molar refractivity (Wildman–Crippen MR) is 123 cm³/mol. The number of pyridine rings is 1. The van der Waals surface area contributed by atoms with Crippen LogP contribution in [-0.2, 0) is 13.0 Å². The van der Waals surface area contributed by atoms with E-state index in [0.29, 0.717) is 12.1 Å². The number of fused-ring (bicyclic) bond motifs is 1. The van der Waals surface area contributed by atoms with Gasteiger partial charge in [-0.15, -0.1) is 23.1 Å². The van der Waals surface area contributed by atoms with E-state index < -0.39 is 0 Å². The van der Waals surface area contributed by atoms with E-state index in [4.69, 9.17) is 0 Å². The minimum atomic E-state index is -0.0662. The van der Waals surface area contributed by atoms with Crippen LogP contribution in [0.15, 0.2) is 83.3 Å². The van der Waals surface area contributed by atoms with Crippen molar-refractivity contribution in [1.29, 1.82) is 0 Å². The maximum absolute atomic E-state index is 12.6. The highest BCUT2D eigenvalue weighted by molar-refractivity contribution is 7.99. The summed E-state index contributed by atoms with van der Waals surface area (Å²) in [4.78, 5) is 18.2. The Morgan fingerprint density at radius 1 is 1.00 bits per heavy atom. The summed E-state index contributed by atoms with van der Waals surface area (Å²) in [7, 11) is 0. The van der Waals surface area contributed by atoms with Gasteiger partial charge in [0.15, 0.2) is 0 Å². The van der Waals surface area contributed by atoms with Crippen LogP contribution in [0.1, 0.15) is 27.2 Å². The average molecular weight is 419 g/mol. The third-order valence-corrected chi connectivity index (χ3v) is 6.65.